The van der Waals surface area contributed by atoms with E-state index in [2.05, 4.69) is 18.8 Å². The van der Waals surface area contributed by atoms with Gasteiger partial charge < -0.3 is 14.6 Å². The van der Waals surface area contributed by atoms with Gasteiger partial charge in [-0.15, -0.1) is 0 Å². The number of H-pyrrole nitrogens is 1. The summed E-state index contributed by atoms with van der Waals surface area (Å²) in [5.74, 6) is -0.611. The van der Waals surface area contributed by atoms with E-state index in [1.807, 2.05) is 0 Å². The number of halogens is 1. The summed E-state index contributed by atoms with van der Waals surface area (Å²) in [5.41, 5.74) is 2.25. The topological polar surface area (TPSA) is 79.5 Å². The third kappa shape index (κ3) is 5.11. The monoisotopic (exact) mass is 432 g/mol. The first kappa shape index (κ1) is 23.7. The van der Waals surface area contributed by atoms with E-state index in [1.165, 1.54) is 7.11 Å². The Morgan fingerprint density at radius 2 is 1.70 bits per heavy atom. The molecule has 1 amide bonds. The van der Waals surface area contributed by atoms with Crippen molar-refractivity contribution in [1.29, 1.82) is 0 Å². The molecule has 0 saturated carbocycles. The van der Waals surface area contributed by atoms with Gasteiger partial charge in [-0.1, -0.05) is 25.4 Å². The third-order valence-electron chi connectivity index (χ3n) is 5.22. The fourth-order valence-corrected chi connectivity index (χ4v) is 3.53. The van der Waals surface area contributed by atoms with E-state index in [0.717, 1.165) is 6.42 Å². The number of hydrogen-bond donors (Lipinski definition) is 1. The van der Waals surface area contributed by atoms with Gasteiger partial charge in [-0.25, -0.2) is 4.79 Å². The molecule has 0 bridgehead atoms. The number of nitrogens with one attached hydrogen (secondary N) is 1. The van der Waals surface area contributed by atoms with Gasteiger partial charge in [0.1, 0.15) is 5.69 Å². The zero-order chi connectivity index (χ0) is 22.6. The van der Waals surface area contributed by atoms with Gasteiger partial charge in [0, 0.05) is 28.4 Å². The van der Waals surface area contributed by atoms with Crippen LogP contribution in [0.15, 0.2) is 24.3 Å². The second-order valence-electron chi connectivity index (χ2n) is 7.84. The van der Waals surface area contributed by atoms with Crippen LogP contribution in [0.4, 0.5) is 0 Å². The van der Waals surface area contributed by atoms with Crippen molar-refractivity contribution in [3.63, 3.8) is 0 Å². The number of aromatic nitrogens is 1. The average molecular weight is 433 g/mol. The van der Waals surface area contributed by atoms with E-state index in [-0.39, 0.29) is 17.4 Å². The number of benzene rings is 1. The van der Waals surface area contributed by atoms with Gasteiger partial charge in [0.15, 0.2) is 5.78 Å². The van der Waals surface area contributed by atoms with Crippen molar-refractivity contribution < 1.29 is 19.1 Å². The molecule has 1 atom stereocenters. The van der Waals surface area contributed by atoms with E-state index < -0.39 is 12.0 Å². The molecule has 2 aromatic rings. The summed E-state index contributed by atoms with van der Waals surface area (Å²) in [6.07, 6.45) is 0.759. The number of carbonyl (C=O) groups is 3. The summed E-state index contributed by atoms with van der Waals surface area (Å²) in [7, 11) is 1.29. The molecule has 1 heterocycles. The number of esters is 1. The first-order chi connectivity index (χ1) is 14.1. The molecule has 0 fully saturated rings. The minimum absolute atomic E-state index is 0.220. The Hall–Kier alpha value is -2.60. The van der Waals surface area contributed by atoms with E-state index in [4.69, 9.17) is 16.3 Å². The number of rotatable bonds is 8. The Balaban J connectivity index is 2.40. The van der Waals surface area contributed by atoms with E-state index in [9.17, 15) is 14.4 Å². The van der Waals surface area contributed by atoms with Gasteiger partial charge in [0.25, 0.3) is 5.91 Å². The Morgan fingerprint density at radius 3 is 2.23 bits per heavy atom. The standard InChI is InChI=1S/C23H29ClN2O4/c1-13(2)11-12-26(22(28)17-7-9-18(24)10-8-17)16(5)21(27)19-14(3)20(23(29)30-6)25-15(19)4/h7-10,13,16,25H,11-12H2,1-6H3. The number of methoxy groups -OCH3 is 1. The Bertz CT molecular complexity index is 931. The number of Topliss-reactive ketones (excluding diaryl/α,β-unsaturated/α-hetero) is 1. The summed E-state index contributed by atoms with van der Waals surface area (Å²) in [4.78, 5) is 43.1. The van der Waals surface area contributed by atoms with E-state index in [0.29, 0.717) is 39.9 Å². The largest absolute Gasteiger partial charge is 0.464 e. The highest BCUT2D eigenvalue weighted by molar-refractivity contribution is 6.30. The molecule has 1 aromatic heterocycles. The van der Waals surface area contributed by atoms with Crippen molar-refractivity contribution >= 4 is 29.3 Å². The fraction of sp³-hybridized carbons (Fsp3) is 0.435. The van der Waals surface area contributed by atoms with Crippen molar-refractivity contribution in [2.75, 3.05) is 13.7 Å². The van der Waals surface area contributed by atoms with Gasteiger partial charge in [0.05, 0.1) is 13.2 Å². The van der Waals surface area contributed by atoms with Crippen LogP contribution in [0.3, 0.4) is 0 Å². The quantitative estimate of drug-likeness (QED) is 0.478. The molecule has 2 rings (SSSR count). The Morgan fingerprint density at radius 1 is 1.10 bits per heavy atom. The lowest BCUT2D eigenvalue weighted by Crippen LogP contribution is -2.44. The van der Waals surface area contributed by atoms with Gasteiger partial charge in [-0.2, -0.15) is 0 Å². The number of ketones is 1. The molecule has 0 aliphatic rings. The summed E-state index contributed by atoms with van der Waals surface area (Å²) in [6, 6.07) is 5.93. The maximum absolute atomic E-state index is 13.4. The number of nitrogens with zero attached hydrogens (tertiary/aromatic N) is 1. The first-order valence-electron chi connectivity index (χ1n) is 9.96. The highest BCUT2D eigenvalue weighted by Gasteiger charge is 2.31. The van der Waals surface area contributed by atoms with Crippen LogP contribution in [0.2, 0.25) is 5.02 Å². The minimum atomic E-state index is -0.703. The predicted molar refractivity (Wildman–Crippen MR) is 117 cm³/mol. The van der Waals surface area contributed by atoms with Crippen molar-refractivity contribution in [2.45, 2.75) is 47.1 Å². The number of hydrogen-bond acceptors (Lipinski definition) is 4. The molecule has 6 nitrogen and oxygen atoms in total. The summed E-state index contributed by atoms with van der Waals surface area (Å²) >= 11 is 5.95. The lowest BCUT2D eigenvalue weighted by atomic mass is 9.98. The second kappa shape index (κ2) is 9.94. The van der Waals surface area contributed by atoms with Gasteiger partial charge in [-0.3, -0.25) is 9.59 Å². The maximum atomic E-state index is 13.4. The van der Waals surface area contributed by atoms with Crippen LogP contribution in [-0.2, 0) is 4.74 Å². The van der Waals surface area contributed by atoms with Crippen LogP contribution in [-0.4, -0.2) is 47.2 Å². The molecule has 1 unspecified atom stereocenters. The van der Waals surface area contributed by atoms with E-state index >= 15 is 0 Å². The minimum Gasteiger partial charge on any atom is -0.464 e. The third-order valence-corrected chi connectivity index (χ3v) is 5.47. The molecule has 30 heavy (non-hydrogen) atoms. The molecule has 7 heteroatoms. The average Bonchev–Trinajstić information content (AvgIpc) is 3.00. The number of aromatic amines is 1. The van der Waals surface area contributed by atoms with Crippen molar-refractivity contribution in [1.82, 2.24) is 9.88 Å². The van der Waals surface area contributed by atoms with Crippen molar-refractivity contribution in [2.24, 2.45) is 5.92 Å². The number of aryl methyl sites for hydroxylation is 1. The Kier molecular flexibility index (Phi) is 7.84. The smallest absolute Gasteiger partial charge is 0.354 e. The van der Waals surface area contributed by atoms with Crippen LogP contribution in [0, 0.1) is 19.8 Å². The lowest BCUT2D eigenvalue weighted by Gasteiger charge is -2.29. The van der Waals surface area contributed by atoms with Gasteiger partial charge in [-0.05, 0) is 62.9 Å². The maximum Gasteiger partial charge on any atom is 0.354 e. The first-order valence-corrected chi connectivity index (χ1v) is 10.3. The summed E-state index contributed by atoms with van der Waals surface area (Å²) in [6.45, 7) is 9.74. The molecule has 0 aliphatic carbocycles. The highest BCUT2D eigenvalue weighted by atomic mass is 35.5. The summed E-state index contributed by atoms with van der Waals surface area (Å²) in [5, 5.41) is 0.540. The Labute approximate surface area is 182 Å². The molecular weight excluding hydrogens is 404 g/mol. The molecular formula is C23H29ClN2O4. The van der Waals surface area contributed by atoms with Crippen LogP contribution < -0.4 is 0 Å². The molecule has 1 aromatic carbocycles. The van der Waals surface area contributed by atoms with Crippen LogP contribution in [0.25, 0.3) is 0 Å². The van der Waals surface area contributed by atoms with Crippen molar-refractivity contribution in [3.8, 4) is 0 Å². The molecule has 0 radical (unpaired) electrons. The normalized spacial score (nSPS) is 12.0. The van der Waals surface area contributed by atoms with Crippen LogP contribution in [0.5, 0.6) is 0 Å². The number of amides is 1. The molecule has 0 saturated heterocycles. The fourth-order valence-electron chi connectivity index (χ4n) is 3.40. The van der Waals surface area contributed by atoms with Crippen LogP contribution in [0.1, 0.15) is 69.7 Å². The molecule has 1 N–H and O–H groups in total. The van der Waals surface area contributed by atoms with Crippen molar-refractivity contribution in [3.05, 3.63) is 57.4 Å². The number of carbonyl (C=O) groups excluding carboxylic acids is 3. The zero-order valence-corrected chi connectivity index (χ0v) is 19.1. The second-order valence-corrected chi connectivity index (χ2v) is 8.28. The predicted octanol–water partition coefficient (Wildman–Crippen LogP) is 4.83. The lowest BCUT2D eigenvalue weighted by molar-refractivity contribution is 0.0592. The molecule has 162 valence electrons. The SMILES string of the molecule is COC(=O)c1[nH]c(C)c(C(=O)C(C)N(CCC(C)C)C(=O)c2ccc(Cl)cc2)c1C. The van der Waals surface area contributed by atoms with Crippen LogP contribution >= 0.6 is 11.6 Å². The molecule has 0 spiro atoms. The van der Waals surface area contributed by atoms with E-state index in [1.54, 1.807) is 49.9 Å². The van der Waals surface area contributed by atoms with Gasteiger partial charge in [0.2, 0.25) is 0 Å². The zero-order valence-electron chi connectivity index (χ0n) is 18.3. The number of ether oxygens (including phenoxy) is 1. The highest BCUT2D eigenvalue weighted by Crippen LogP contribution is 2.23. The van der Waals surface area contributed by atoms with Gasteiger partial charge >= 0.3 is 5.97 Å². The summed E-state index contributed by atoms with van der Waals surface area (Å²) < 4.78 is 4.79. The molecule has 0 aliphatic heterocycles.